The number of hydrogen-bond donors (Lipinski definition) is 3. The molecule has 0 bridgehead atoms. The third-order valence-electron chi connectivity index (χ3n) is 10.9. The van der Waals surface area contributed by atoms with E-state index in [1.807, 2.05) is 0 Å². The van der Waals surface area contributed by atoms with E-state index in [2.05, 4.69) is 19.2 Å². The number of carbonyl (C=O) groups excluding carboxylic acids is 2. The Labute approximate surface area is 324 Å². The second-order valence-electron chi connectivity index (χ2n) is 16.1. The van der Waals surface area contributed by atoms with Crippen molar-refractivity contribution in [3.05, 3.63) is 0 Å². The van der Waals surface area contributed by atoms with Gasteiger partial charge in [-0.2, -0.15) is 0 Å². The van der Waals surface area contributed by atoms with E-state index in [0.717, 1.165) is 57.8 Å². The van der Waals surface area contributed by atoms with E-state index in [4.69, 9.17) is 4.74 Å². The first-order valence-corrected chi connectivity index (χ1v) is 23.3. The molecular formula is C46H91NO5. The molecule has 310 valence electrons. The van der Waals surface area contributed by atoms with Crippen molar-refractivity contribution in [3.63, 3.8) is 0 Å². The highest BCUT2D eigenvalue weighted by atomic mass is 16.5. The van der Waals surface area contributed by atoms with E-state index in [1.165, 1.54) is 167 Å². The molecule has 0 fully saturated rings. The molecule has 0 rings (SSSR count). The molecule has 6 nitrogen and oxygen atoms in total. The lowest BCUT2D eigenvalue weighted by Gasteiger charge is -2.22. The third kappa shape index (κ3) is 38.6. The molecule has 0 aromatic heterocycles. The Bertz CT molecular complexity index is 732. The fraction of sp³-hybridized carbons (Fsp3) is 0.957. The fourth-order valence-electron chi connectivity index (χ4n) is 7.29. The molecular weight excluding hydrogens is 647 g/mol. The van der Waals surface area contributed by atoms with Crippen LogP contribution in [-0.4, -0.2) is 47.4 Å². The summed E-state index contributed by atoms with van der Waals surface area (Å²) in [6.45, 7) is 4.90. The first-order valence-electron chi connectivity index (χ1n) is 23.3. The number of rotatable bonds is 43. The standard InChI is InChI=1S/C46H91NO5/c1-3-5-7-9-11-13-15-17-19-24-28-32-36-40-46(51)52-41-37-33-29-25-21-20-23-27-31-35-39-45(50)47-43(42-48)44(49)38-34-30-26-22-18-16-14-12-10-8-6-4-2/h43-44,48-49H,3-42H2,1-2H3,(H,47,50). The zero-order valence-electron chi connectivity index (χ0n) is 35.1. The Morgan fingerprint density at radius 1 is 0.462 bits per heavy atom. The fourth-order valence-corrected chi connectivity index (χ4v) is 7.29. The van der Waals surface area contributed by atoms with Gasteiger partial charge in [-0.15, -0.1) is 0 Å². The minimum absolute atomic E-state index is 0.0172. The summed E-state index contributed by atoms with van der Waals surface area (Å²) in [6, 6.07) is -0.554. The molecule has 0 aliphatic rings. The maximum atomic E-state index is 12.4. The lowest BCUT2D eigenvalue weighted by molar-refractivity contribution is -0.143. The lowest BCUT2D eigenvalue weighted by Crippen LogP contribution is -2.45. The van der Waals surface area contributed by atoms with Gasteiger partial charge in [0, 0.05) is 12.8 Å². The summed E-state index contributed by atoms with van der Waals surface area (Å²) in [4.78, 5) is 24.4. The highest BCUT2D eigenvalue weighted by Crippen LogP contribution is 2.16. The van der Waals surface area contributed by atoms with E-state index in [1.54, 1.807) is 0 Å². The number of unbranched alkanes of at least 4 members (excludes halogenated alkanes) is 32. The van der Waals surface area contributed by atoms with Crippen LogP contribution in [0.3, 0.4) is 0 Å². The van der Waals surface area contributed by atoms with Crippen molar-refractivity contribution in [2.24, 2.45) is 0 Å². The van der Waals surface area contributed by atoms with Gasteiger partial charge in [-0.3, -0.25) is 9.59 Å². The van der Waals surface area contributed by atoms with Gasteiger partial charge < -0.3 is 20.3 Å². The molecule has 6 heteroatoms. The Hall–Kier alpha value is -1.14. The Balaban J connectivity index is 3.47. The lowest BCUT2D eigenvalue weighted by atomic mass is 10.0. The average molecular weight is 738 g/mol. The summed E-state index contributed by atoms with van der Waals surface area (Å²) in [5.74, 6) is -0.0746. The summed E-state index contributed by atoms with van der Waals surface area (Å²) in [6.07, 6.45) is 44.8. The predicted molar refractivity (Wildman–Crippen MR) is 223 cm³/mol. The number of aliphatic hydroxyl groups excluding tert-OH is 2. The molecule has 2 atom stereocenters. The van der Waals surface area contributed by atoms with Crippen LogP contribution in [0, 0.1) is 0 Å². The molecule has 0 aromatic rings. The first-order chi connectivity index (χ1) is 25.5. The molecule has 0 spiro atoms. The minimum atomic E-state index is -0.675. The summed E-state index contributed by atoms with van der Waals surface area (Å²) in [5.41, 5.74) is 0. The van der Waals surface area contributed by atoms with Crippen molar-refractivity contribution in [3.8, 4) is 0 Å². The molecule has 2 unspecified atom stereocenters. The van der Waals surface area contributed by atoms with E-state index in [0.29, 0.717) is 25.9 Å². The Morgan fingerprint density at radius 3 is 1.17 bits per heavy atom. The van der Waals surface area contributed by atoms with Crippen LogP contribution in [0.4, 0.5) is 0 Å². The Morgan fingerprint density at radius 2 is 0.788 bits per heavy atom. The van der Waals surface area contributed by atoms with Crippen molar-refractivity contribution < 1.29 is 24.5 Å². The van der Waals surface area contributed by atoms with Gasteiger partial charge in [0.25, 0.3) is 0 Å². The highest BCUT2D eigenvalue weighted by Gasteiger charge is 2.20. The van der Waals surface area contributed by atoms with Gasteiger partial charge in [0.1, 0.15) is 0 Å². The quantitative estimate of drug-likeness (QED) is 0.0428. The molecule has 0 saturated carbocycles. The van der Waals surface area contributed by atoms with Gasteiger partial charge in [0.2, 0.25) is 5.91 Å². The third-order valence-corrected chi connectivity index (χ3v) is 10.9. The summed E-state index contributed by atoms with van der Waals surface area (Å²) in [5, 5.41) is 23.1. The Kier molecular flexibility index (Phi) is 41.7. The topological polar surface area (TPSA) is 95.9 Å². The largest absolute Gasteiger partial charge is 0.466 e. The van der Waals surface area contributed by atoms with Crippen LogP contribution < -0.4 is 5.32 Å². The average Bonchev–Trinajstić information content (AvgIpc) is 3.14. The van der Waals surface area contributed by atoms with E-state index >= 15 is 0 Å². The van der Waals surface area contributed by atoms with Crippen molar-refractivity contribution in [1.29, 1.82) is 0 Å². The number of carbonyl (C=O) groups is 2. The second kappa shape index (κ2) is 42.6. The SMILES string of the molecule is CCCCCCCCCCCCCCCC(=O)OCCCCCCCCCCCCC(=O)NC(CO)C(O)CCCCCCCCCCCCCC. The molecule has 0 heterocycles. The van der Waals surface area contributed by atoms with Crippen LogP contribution in [0.5, 0.6) is 0 Å². The summed E-state index contributed by atoms with van der Waals surface area (Å²) < 4.78 is 5.44. The zero-order valence-corrected chi connectivity index (χ0v) is 35.1. The van der Waals surface area contributed by atoms with Crippen LogP contribution >= 0.6 is 0 Å². The maximum absolute atomic E-state index is 12.4. The van der Waals surface area contributed by atoms with Gasteiger partial charge in [-0.05, 0) is 25.7 Å². The number of esters is 1. The predicted octanol–water partition coefficient (Wildman–Crippen LogP) is 13.2. The van der Waals surface area contributed by atoms with Crippen LogP contribution in [0.25, 0.3) is 0 Å². The van der Waals surface area contributed by atoms with E-state index < -0.39 is 12.1 Å². The normalized spacial score (nSPS) is 12.6. The number of hydrogen-bond acceptors (Lipinski definition) is 5. The molecule has 0 aliphatic heterocycles. The molecule has 52 heavy (non-hydrogen) atoms. The van der Waals surface area contributed by atoms with Gasteiger partial charge in [0.15, 0.2) is 0 Å². The molecule has 0 radical (unpaired) electrons. The van der Waals surface area contributed by atoms with E-state index in [-0.39, 0.29) is 18.5 Å². The van der Waals surface area contributed by atoms with Crippen molar-refractivity contribution in [2.75, 3.05) is 13.2 Å². The summed E-state index contributed by atoms with van der Waals surface area (Å²) in [7, 11) is 0. The van der Waals surface area contributed by atoms with Crippen LogP contribution in [0.15, 0.2) is 0 Å². The van der Waals surface area contributed by atoms with E-state index in [9.17, 15) is 19.8 Å². The van der Waals surface area contributed by atoms with Crippen molar-refractivity contribution >= 4 is 11.9 Å². The van der Waals surface area contributed by atoms with Gasteiger partial charge in [0.05, 0.1) is 25.4 Å². The van der Waals surface area contributed by atoms with Gasteiger partial charge in [-0.1, -0.05) is 219 Å². The van der Waals surface area contributed by atoms with Crippen molar-refractivity contribution in [1.82, 2.24) is 5.32 Å². The zero-order chi connectivity index (χ0) is 38.0. The van der Waals surface area contributed by atoms with Gasteiger partial charge in [-0.25, -0.2) is 0 Å². The molecule has 0 aromatic carbocycles. The van der Waals surface area contributed by atoms with Crippen molar-refractivity contribution in [2.45, 2.75) is 270 Å². The van der Waals surface area contributed by atoms with Crippen LogP contribution in [0.2, 0.25) is 0 Å². The smallest absolute Gasteiger partial charge is 0.305 e. The number of ether oxygens (including phenoxy) is 1. The number of aliphatic hydroxyl groups is 2. The molecule has 0 saturated heterocycles. The highest BCUT2D eigenvalue weighted by molar-refractivity contribution is 5.76. The summed E-state index contributed by atoms with van der Waals surface area (Å²) >= 11 is 0. The molecule has 3 N–H and O–H groups in total. The second-order valence-corrected chi connectivity index (χ2v) is 16.1. The first kappa shape index (κ1) is 50.9. The van der Waals surface area contributed by atoms with Gasteiger partial charge >= 0.3 is 5.97 Å². The number of amides is 1. The number of nitrogens with one attached hydrogen (secondary N) is 1. The maximum Gasteiger partial charge on any atom is 0.305 e. The monoisotopic (exact) mass is 738 g/mol. The van der Waals surface area contributed by atoms with Crippen LogP contribution in [0.1, 0.15) is 258 Å². The van der Waals surface area contributed by atoms with Crippen LogP contribution in [-0.2, 0) is 14.3 Å². The molecule has 0 aliphatic carbocycles. The molecule has 1 amide bonds. The minimum Gasteiger partial charge on any atom is -0.466 e.